The van der Waals surface area contributed by atoms with Gasteiger partial charge in [0.25, 0.3) is 5.56 Å². The summed E-state index contributed by atoms with van der Waals surface area (Å²) in [5.74, 6) is 1.84. The number of rotatable bonds is 5. The minimum Gasteiger partial charge on any atom is -0.497 e. The zero-order valence-electron chi connectivity index (χ0n) is 15.3. The fourth-order valence-corrected chi connectivity index (χ4v) is 3.65. The van der Waals surface area contributed by atoms with Crippen LogP contribution in [0.25, 0.3) is 23.2 Å². The standard InChI is InChI=1S/C21H17N3O3S/c1-26-16-9-10-17(27-2)15(12-16)13-18-20(25)24-21(28-18)22-19(23-24)11-8-14-6-4-3-5-7-14/h3-13H,1-2H3/b11-8+,18-13+. The van der Waals surface area contributed by atoms with Gasteiger partial charge in [-0.05, 0) is 35.9 Å². The van der Waals surface area contributed by atoms with Gasteiger partial charge < -0.3 is 9.47 Å². The average Bonchev–Trinajstić information content (AvgIpc) is 3.26. The van der Waals surface area contributed by atoms with Gasteiger partial charge in [-0.15, -0.1) is 5.10 Å². The van der Waals surface area contributed by atoms with Crippen molar-refractivity contribution in [2.45, 2.75) is 0 Å². The third-order valence-electron chi connectivity index (χ3n) is 4.15. The van der Waals surface area contributed by atoms with E-state index in [9.17, 15) is 4.79 Å². The Hall–Kier alpha value is -3.45. The van der Waals surface area contributed by atoms with Crippen molar-refractivity contribution >= 4 is 34.5 Å². The summed E-state index contributed by atoms with van der Waals surface area (Å²) in [5, 5.41) is 4.31. The predicted octanol–water partition coefficient (Wildman–Crippen LogP) is 2.89. The Kier molecular flexibility index (Phi) is 4.90. The van der Waals surface area contributed by atoms with E-state index in [1.165, 1.54) is 15.9 Å². The maximum atomic E-state index is 12.7. The molecule has 0 aliphatic carbocycles. The first-order valence-corrected chi connectivity index (χ1v) is 9.36. The zero-order valence-corrected chi connectivity index (χ0v) is 16.1. The van der Waals surface area contributed by atoms with Gasteiger partial charge in [0, 0.05) is 5.56 Å². The number of hydrogen-bond donors (Lipinski definition) is 0. The molecule has 2 heterocycles. The molecule has 4 rings (SSSR count). The maximum Gasteiger partial charge on any atom is 0.291 e. The second-order valence-electron chi connectivity index (χ2n) is 5.93. The second kappa shape index (κ2) is 7.66. The van der Waals surface area contributed by atoms with Crippen LogP contribution in [-0.2, 0) is 0 Å². The van der Waals surface area contributed by atoms with Gasteiger partial charge in [-0.25, -0.2) is 0 Å². The molecule has 2 aromatic heterocycles. The lowest BCUT2D eigenvalue weighted by atomic mass is 10.2. The highest BCUT2D eigenvalue weighted by molar-refractivity contribution is 7.15. The first-order chi connectivity index (χ1) is 13.7. The number of hydrogen-bond acceptors (Lipinski definition) is 6. The molecule has 0 atom stereocenters. The zero-order chi connectivity index (χ0) is 19.5. The van der Waals surface area contributed by atoms with Gasteiger partial charge in [-0.2, -0.15) is 9.50 Å². The number of fused-ring (bicyclic) bond motifs is 1. The topological polar surface area (TPSA) is 65.7 Å². The molecule has 7 heteroatoms. The van der Waals surface area contributed by atoms with Gasteiger partial charge in [0.05, 0.1) is 18.8 Å². The molecule has 0 fully saturated rings. The van der Waals surface area contributed by atoms with E-state index in [4.69, 9.17) is 9.47 Å². The summed E-state index contributed by atoms with van der Waals surface area (Å²) < 4.78 is 12.5. The van der Waals surface area contributed by atoms with Gasteiger partial charge in [0.15, 0.2) is 5.82 Å². The van der Waals surface area contributed by atoms with Crippen molar-refractivity contribution in [3.8, 4) is 11.5 Å². The van der Waals surface area contributed by atoms with Crippen molar-refractivity contribution in [3.05, 3.63) is 80.4 Å². The van der Waals surface area contributed by atoms with Gasteiger partial charge in [0.1, 0.15) is 11.5 Å². The van der Waals surface area contributed by atoms with Crippen LogP contribution in [0.4, 0.5) is 0 Å². The highest BCUT2D eigenvalue weighted by Crippen LogP contribution is 2.24. The Bertz CT molecular complexity index is 1260. The molecule has 0 aliphatic rings. The van der Waals surface area contributed by atoms with E-state index in [-0.39, 0.29) is 5.56 Å². The largest absolute Gasteiger partial charge is 0.497 e. The van der Waals surface area contributed by atoms with E-state index in [0.717, 1.165) is 11.1 Å². The molecule has 2 aromatic carbocycles. The smallest absolute Gasteiger partial charge is 0.291 e. The summed E-state index contributed by atoms with van der Waals surface area (Å²) >= 11 is 1.28. The van der Waals surface area contributed by atoms with Crippen LogP contribution < -0.4 is 19.6 Å². The molecule has 0 N–H and O–H groups in total. The molecule has 0 saturated heterocycles. The van der Waals surface area contributed by atoms with Crippen LogP contribution in [-0.4, -0.2) is 28.8 Å². The molecule has 0 radical (unpaired) electrons. The lowest BCUT2D eigenvalue weighted by Gasteiger charge is -2.06. The van der Waals surface area contributed by atoms with Crippen molar-refractivity contribution in [2.24, 2.45) is 0 Å². The first-order valence-electron chi connectivity index (χ1n) is 8.54. The predicted molar refractivity (Wildman–Crippen MR) is 111 cm³/mol. The highest BCUT2D eigenvalue weighted by Gasteiger charge is 2.10. The van der Waals surface area contributed by atoms with Gasteiger partial charge in [0.2, 0.25) is 4.96 Å². The SMILES string of the molecule is COc1ccc(OC)c(/C=c2/sc3nc(/C=C/c4ccccc4)nn3c2=O)c1. The number of benzene rings is 2. The lowest BCUT2D eigenvalue weighted by molar-refractivity contribution is 0.402. The molecule has 6 nitrogen and oxygen atoms in total. The molecule has 0 spiro atoms. The van der Waals surface area contributed by atoms with Crippen molar-refractivity contribution in [3.63, 3.8) is 0 Å². The van der Waals surface area contributed by atoms with E-state index in [1.807, 2.05) is 48.5 Å². The molecule has 140 valence electrons. The number of nitrogens with zero attached hydrogens (tertiary/aromatic N) is 3. The molecule has 0 unspecified atom stereocenters. The van der Waals surface area contributed by atoms with Crippen molar-refractivity contribution in [1.82, 2.24) is 14.6 Å². The van der Waals surface area contributed by atoms with E-state index < -0.39 is 0 Å². The number of thiazole rings is 1. The van der Waals surface area contributed by atoms with Crippen LogP contribution >= 0.6 is 11.3 Å². The van der Waals surface area contributed by atoms with E-state index in [2.05, 4.69) is 10.1 Å². The monoisotopic (exact) mass is 391 g/mol. The molecule has 0 amide bonds. The van der Waals surface area contributed by atoms with Crippen LogP contribution in [0.2, 0.25) is 0 Å². The Labute approximate surface area is 165 Å². The van der Waals surface area contributed by atoms with Crippen LogP contribution in [0, 0.1) is 0 Å². The first kappa shape index (κ1) is 17.9. The number of methoxy groups -OCH3 is 2. The van der Waals surface area contributed by atoms with Crippen LogP contribution in [0.3, 0.4) is 0 Å². The second-order valence-corrected chi connectivity index (χ2v) is 6.94. The molecule has 0 aliphatic heterocycles. The molecular formula is C21H17N3O3S. The summed E-state index contributed by atoms with van der Waals surface area (Å²) in [7, 11) is 3.18. The quantitative estimate of drug-likeness (QED) is 0.523. The molecule has 4 aromatic rings. The molecule has 0 saturated carbocycles. The van der Waals surface area contributed by atoms with E-state index in [1.54, 1.807) is 32.4 Å². The van der Waals surface area contributed by atoms with Crippen LogP contribution in [0.1, 0.15) is 17.0 Å². The van der Waals surface area contributed by atoms with Crippen molar-refractivity contribution in [2.75, 3.05) is 14.2 Å². The van der Waals surface area contributed by atoms with E-state index >= 15 is 0 Å². The molecular weight excluding hydrogens is 374 g/mol. The Morgan fingerprint density at radius 1 is 1.04 bits per heavy atom. The Morgan fingerprint density at radius 2 is 1.86 bits per heavy atom. The summed E-state index contributed by atoms with van der Waals surface area (Å²) in [6.07, 6.45) is 5.48. The lowest BCUT2D eigenvalue weighted by Crippen LogP contribution is -2.23. The summed E-state index contributed by atoms with van der Waals surface area (Å²) in [5.41, 5.74) is 1.59. The third kappa shape index (κ3) is 3.52. The van der Waals surface area contributed by atoms with Crippen molar-refractivity contribution < 1.29 is 9.47 Å². The van der Waals surface area contributed by atoms with Crippen LogP contribution in [0.15, 0.2) is 53.3 Å². The van der Waals surface area contributed by atoms with Crippen LogP contribution in [0.5, 0.6) is 11.5 Å². The third-order valence-corrected chi connectivity index (χ3v) is 5.11. The van der Waals surface area contributed by atoms with Gasteiger partial charge in [-0.3, -0.25) is 4.79 Å². The summed E-state index contributed by atoms with van der Waals surface area (Å²) in [6.45, 7) is 0. The summed E-state index contributed by atoms with van der Waals surface area (Å²) in [4.78, 5) is 17.7. The minimum atomic E-state index is -0.211. The Balaban J connectivity index is 1.72. The van der Waals surface area contributed by atoms with E-state index in [0.29, 0.717) is 26.8 Å². The fraction of sp³-hybridized carbons (Fsp3) is 0.0952. The highest BCUT2D eigenvalue weighted by atomic mass is 32.1. The fourth-order valence-electron chi connectivity index (χ4n) is 2.75. The number of ether oxygens (including phenoxy) is 2. The van der Waals surface area contributed by atoms with Gasteiger partial charge >= 0.3 is 0 Å². The van der Waals surface area contributed by atoms with Crippen molar-refractivity contribution in [1.29, 1.82) is 0 Å². The maximum absolute atomic E-state index is 12.7. The normalized spacial score (nSPS) is 12.1. The Morgan fingerprint density at radius 3 is 2.57 bits per heavy atom. The van der Waals surface area contributed by atoms with Gasteiger partial charge in [-0.1, -0.05) is 47.7 Å². The average molecular weight is 391 g/mol. The molecule has 0 bridgehead atoms. The molecule has 28 heavy (non-hydrogen) atoms. The number of aromatic nitrogens is 3. The minimum absolute atomic E-state index is 0.211. The summed E-state index contributed by atoms with van der Waals surface area (Å²) in [6, 6.07) is 15.3.